The van der Waals surface area contributed by atoms with Crippen molar-refractivity contribution in [1.82, 2.24) is 9.62 Å². The van der Waals surface area contributed by atoms with E-state index >= 15 is 0 Å². The Balaban J connectivity index is 1.44. The quantitative estimate of drug-likeness (QED) is 0.748. The van der Waals surface area contributed by atoms with Gasteiger partial charge in [0.05, 0.1) is 11.3 Å². The molecule has 1 fully saturated rings. The Bertz CT molecular complexity index is 1070. The van der Waals surface area contributed by atoms with E-state index in [-0.39, 0.29) is 10.6 Å². The Morgan fingerprint density at radius 2 is 1.74 bits per heavy atom. The van der Waals surface area contributed by atoms with Crippen LogP contribution in [0.5, 0.6) is 0 Å². The van der Waals surface area contributed by atoms with Gasteiger partial charge in [0.15, 0.2) is 6.17 Å². The number of carbonyl (C=O) groups excluding carboxylic acids is 1. The molecule has 6 nitrogen and oxygen atoms in total. The number of nitrogens with zero attached hydrogens (tertiary/aromatic N) is 1. The first-order chi connectivity index (χ1) is 14.6. The Labute approximate surface area is 178 Å². The monoisotopic (exact) mass is 453 g/mol. The predicted molar refractivity (Wildman–Crippen MR) is 109 cm³/mol. The molecule has 2 aliphatic heterocycles. The molecule has 10 heteroatoms. The molecular formula is C21H22F3N3O3S. The highest BCUT2D eigenvalue weighted by atomic mass is 32.2. The molecule has 2 aliphatic rings. The summed E-state index contributed by atoms with van der Waals surface area (Å²) in [5.41, 5.74) is 0.0146. The number of likely N-dealkylation sites (tertiary alicyclic amines) is 1. The van der Waals surface area contributed by atoms with Crippen molar-refractivity contribution in [2.75, 3.05) is 18.4 Å². The second-order valence-corrected chi connectivity index (χ2v) is 9.55. The number of piperidine rings is 1. The van der Waals surface area contributed by atoms with Crippen molar-refractivity contribution in [3.63, 3.8) is 0 Å². The number of sulfonamides is 1. The molecule has 0 spiro atoms. The van der Waals surface area contributed by atoms with Crippen LogP contribution in [0, 0.1) is 5.92 Å². The lowest BCUT2D eigenvalue weighted by molar-refractivity contribution is -0.137. The first-order valence-corrected chi connectivity index (χ1v) is 11.4. The molecule has 0 radical (unpaired) electrons. The number of amides is 1. The third-order valence-electron chi connectivity index (χ3n) is 5.71. The predicted octanol–water partition coefficient (Wildman–Crippen LogP) is 3.22. The summed E-state index contributed by atoms with van der Waals surface area (Å²) < 4.78 is 66.3. The third-order valence-corrected chi connectivity index (χ3v) is 7.19. The van der Waals surface area contributed by atoms with Crippen LogP contribution in [0.25, 0.3) is 0 Å². The number of fused-ring (bicyclic) bond motifs is 1. The summed E-state index contributed by atoms with van der Waals surface area (Å²) in [7, 11) is -4.12. The maximum atomic E-state index is 13.0. The summed E-state index contributed by atoms with van der Waals surface area (Å²) >= 11 is 0. The molecule has 1 unspecified atom stereocenters. The number of hydrogen-bond acceptors (Lipinski definition) is 4. The van der Waals surface area contributed by atoms with Crippen LogP contribution >= 0.6 is 0 Å². The van der Waals surface area contributed by atoms with E-state index in [1.54, 1.807) is 4.90 Å². The number of halogens is 3. The molecule has 0 aromatic heterocycles. The van der Waals surface area contributed by atoms with Crippen molar-refractivity contribution < 1.29 is 26.4 Å². The van der Waals surface area contributed by atoms with Gasteiger partial charge >= 0.3 is 6.18 Å². The number of nitrogens with one attached hydrogen (secondary N) is 2. The zero-order chi connectivity index (χ0) is 22.2. The maximum absolute atomic E-state index is 13.0. The highest BCUT2D eigenvalue weighted by molar-refractivity contribution is 7.89. The van der Waals surface area contributed by atoms with Gasteiger partial charge in [-0.05, 0) is 48.9 Å². The van der Waals surface area contributed by atoms with E-state index in [1.807, 2.05) is 18.2 Å². The van der Waals surface area contributed by atoms with Gasteiger partial charge in [-0.3, -0.25) is 4.79 Å². The summed E-state index contributed by atoms with van der Waals surface area (Å²) in [5, 5.41) is 2.63. The van der Waals surface area contributed by atoms with E-state index in [0.29, 0.717) is 25.1 Å². The van der Waals surface area contributed by atoms with Crippen LogP contribution in [0.1, 0.15) is 24.0 Å². The minimum absolute atomic E-state index is 0.231. The lowest BCUT2D eigenvalue weighted by atomic mass is 9.90. The van der Waals surface area contributed by atoms with E-state index in [1.165, 1.54) is 5.56 Å². The molecule has 1 amide bonds. The zero-order valence-corrected chi connectivity index (χ0v) is 17.3. The molecule has 0 saturated carbocycles. The Morgan fingerprint density at radius 3 is 2.39 bits per heavy atom. The van der Waals surface area contributed by atoms with Crippen molar-refractivity contribution in [3.05, 3.63) is 59.7 Å². The van der Waals surface area contributed by atoms with Gasteiger partial charge in [-0.2, -0.15) is 17.9 Å². The molecule has 1 saturated heterocycles. The summed E-state index contributed by atoms with van der Waals surface area (Å²) in [6.45, 7) is 0.928. The van der Waals surface area contributed by atoms with Gasteiger partial charge in [-0.15, -0.1) is 0 Å². The van der Waals surface area contributed by atoms with Crippen molar-refractivity contribution >= 4 is 21.6 Å². The summed E-state index contributed by atoms with van der Waals surface area (Å²) in [6, 6.07) is 12.4. The zero-order valence-electron chi connectivity index (χ0n) is 16.5. The Kier molecular flexibility index (Phi) is 5.69. The van der Waals surface area contributed by atoms with Crippen molar-refractivity contribution in [3.8, 4) is 0 Å². The standard InChI is InChI=1S/C21H22F3N3O3S/c22-21(23,24)16-6-7-18-17(13-16)25-19(26-31(18,29)30)20(28)27-10-8-15(9-11-27)12-14-4-2-1-3-5-14/h1-7,13,15,19,25-26H,8-12H2. The average molecular weight is 453 g/mol. The van der Waals surface area contributed by atoms with Gasteiger partial charge in [0.1, 0.15) is 4.90 Å². The molecule has 31 heavy (non-hydrogen) atoms. The van der Waals surface area contributed by atoms with E-state index in [4.69, 9.17) is 0 Å². The molecule has 2 aromatic rings. The largest absolute Gasteiger partial charge is 0.416 e. The van der Waals surface area contributed by atoms with Crippen molar-refractivity contribution in [2.45, 2.75) is 36.5 Å². The summed E-state index contributed by atoms with van der Waals surface area (Å²) in [6.07, 6.45) is -3.51. The van der Waals surface area contributed by atoms with Crippen LogP contribution in [0.4, 0.5) is 18.9 Å². The first kappa shape index (κ1) is 21.6. The number of hydrogen-bond donors (Lipinski definition) is 2. The molecule has 0 bridgehead atoms. The van der Waals surface area contributed by atoms with Crippen molar-refractivity contribution in [2.24, 2.45) is 5.92 Å². The first-order valence-electron chi connectivity index (χ1n) is 9.96. The molecule has 1 atom stereocenters. The number of anilines is 1. The number of benzene rings is 2. The minimum Gasteiger partial charge on any atom is -0.360 e. The fourth-order valence-corrected chi connectivity index (χ4v) is 5.31. The second kappa shape index (κ2) is 8.16. The highest BCUT2D eigenvalue weighted by Crippen LogP contribution is 2.35. The lowest BCUT2D eigenvalue weighted by Crippen LogP contribution is -2.56. The van der Waals surface area contributed by atoms with Gasteiger partial charge in [-0.25, -0.2) is 8.42 Å². The van der Waals surface area contributed by atoms with Gasteiger partial charge in [0, 0.05) is 13.1 Å². The van der Waals surface area contributed by atoms with Crippen LogP contribution in [-0.2, 0) is 27.4 Å². The molecule has 2 N–H and O–H groups in total. The Morgan fingerprint density at radius 1 is 1.06 bits per heavy atom. The fraction of sp³-hybridized carbons (Fsp3) is 0.381. The van der Waals surface area contributed by atoms with Gasteiger partial charge in [-0.1, -0.05) is 30.3 Å². The number of carbonyl (C=O) groups is 1. The molecule has 0 aliphatic carbocycles. The smallest absolute Gasteiger partial charge is 0.360 e. The van der Waals surface area contributed by atoms with Crippen LogP contribution in [0.15, 0.2) is 53.4 Å². The fourth-order valence-electron chi connectivity index (χ4n) is 4.06. The topological polar surface area (TPSA) is 78.5 Å². The maximum Gasteiger partial charge on any atom is 0.416 e. The lowest BCUT2D eigenvalue weighted by Gasteiger charge is -2.36. The SMILES string of the molecule is O=C(C1Nc2cc(C(F)(F)F)ccc2S(=O)(=O)N1)N1CCC(Cc2ccccc2)CC1. The van der Waals surface area contributed by atoms with Crippen LogP contribution in [0.3, 0.4) is 0 Å². The van der Waals surface area contributed by atoms with Crippen LogP contribution < -0.4 is 10.0 Å². The molecule has 2 heterocycles. The molecule has 2 aromatic carbocycles. The van der Waals surface area contributed by atoms with E-state index < -0.39 is 33.8 Å². The highest BCUT2D eigenvalue weighted by Gasteiger charge is 2.38. The Hall–Kier alpha value is -2.59. The average Bonchev–Trinajstić information content (AvgIpc) is 2.73. The normalized spacial score (nSPS) is 21.3. The van der Waals surface area contributed by atoms with Gasteiger partial charge < -0.3 is 10.2 Å². The van der Waals surface area contributed by atoms with Gasteiger partial charge in [0.25, 0.3) is 5.91 Å². The molecule has 166 valence electrons. The third kappa shape index (κ3) is 4.69. The number of alkyl halides is 3. The molecule has 4 rings (SSSR count). The van der Waals surface area contributed by atoms with Crippen LogP contribution in [-0.4, -0.2) is 38.5 Å². The minimum atomic E-state index is -4.62. The second-order valence-electron chi connectivity index (χ2n) is 7.87. The number of rotatable bonds is 3. The van der Waals surface area contributed by atoms with E-state index in [9.17, 15) is 26.4 Å². The van der Waals surface area contributed by atoms with E-state index in [2.05, 4.69) is 22.2 Å². The summed E-state index contributed by atoms with van der Waals surface area (Å²) in [4.78, 5) is 14.2. The summed E-state index contributed by atoms with van der Waals surface area (Å²) in [5.74, 6) is -0.0812. The molecular weight excluding hydrogens is 431 g/mol. The van der Waals surface area contributed by atoms with Crippen LogP contribution in [0.2, 0.25) is 0 Å². The van der Waals surface area contributed by atoms with Crippen molar-refractivity contribution in [1.29, 1.82) is 0 Å². The van der Waals surface area contributed by atoms with Gasteiger partial charge in [0.2, 0.25) is 10.0 Å². The van der Waals surface area contributed by atoms with E-state index in [0.717, 1.165) is 31.4 Å².